The van der Waals surface area contributed by atoms with Gasteiger partial charge in [0, 0.05) is 24.5 Å². The van der Waals surface area contributed by atoms with Gasteiger partial charge in [-0.2, -0.15) is 9.50 Å². The number of aromatic amines is 1. The Bertz CT molecular complexity index is 910. The quantitative estimate of drug-likeness (QED) is 0.802. The average molecular weight is 296 g/mol. The SMILES string of the molecule is CCCc1nc2nc(-c3ccc4c(c3)CCO4)cc(=O)n2[nH]1. The Morgan fingerprint density at radius 2 is 2.23 bits per heavy atom. The fourth-order valence-corrected chi connectivity index (χ4v) is 2.77. The molecule has 0 atom stereocenters. The van der Waals surface area contributed by atoms with Crippen LogP contribution in [0, 0.1) is 0 Å². The largest absolute Gasteiger partial charge is 0.493 e. The van der Waals surface area contributed by atoms with Gasteiger partial charge in [-0.25, -0.2) is 4.98 Å². The molecule has 6 nitrogen and oxygen atoms in total. The number of hydrogen-bond donors (Lipinski definition) is 1. The third-order valence-corrected chi connectivity index (χ3v) is 3.85. The normalized spacial score (nSPS) is 13.3. The Morgan fingerprint density at radius 1 is 1.32 bits per heavy atom. The van der Waals surface area contributed by atoms with Gasteiger partial charge in [-0.1, -0.05) is 6.92 Å². The summed E-state index contributed by atoms with van der Waals surface area (Å²) in [6, 6.07) is 7.45. The summed E-state index contributed by atoms with van der Waals surface area (Å²) < 4.78 is 6.90. The first-order valence-corrected chi connectivity index (χ1v) is 7.49. The molecule has 22 heavy (non-hydrogen) atoms. The van der Waals surface area contributed by atoms with E-state index in [1.807, 2.05) is 18.2 Å². The Morgan fingerprint density at radius 3 is 3.09 bits per heavy atom. The number of H-pyrrole nitrogens is 1. The summed E-state index contributed by atoms with van der Waals surface area (Å²) in [5.41, 5.74) is 2.58. The number of hydrogen-bond acceptors (Lipinski definition) is 4. The van der Waals surface area contributed by atoms with E-state index < -0.39 is 0 Å². The highest BCUT2D eigenvalue weighted by Crippen LogP contribution is 2.29. The maximum absolute atomic E-state index is 12.3. The molecule has 3 aromatic rings. The molecule has 0 bridgehead atoms. The number of nitrogens with one attached hydrogen (secondary N) is 1. The second-order valence-electron chi connectivity index (χ2n) is 5.46. The third kappa shape index (κ3) is 2.07. The van der Waals surface area contributed by atoms with E-state index in [0.717, 1.165) is 42.0 Å². The van der Waals surface area contributed by atoms with Crippen LogP contribution in [0.4, 0.5) is 0 Å². The lowest BCUT2D eigenvalue weighted by Gasteiger charge is -2.03. The summed E-state index contributed by atoms with van der Waals surface area (Å²) in [7, 11) is 0. The van der Waals surface area contributed by atoms with E-state index in [9.17, 15) is 4.79 Å². The van der Waals surface area contributed by atoms with Crippen molar-refractivity contribution < 1.29 is 4.74 Å². The van der Waals surface area contributed by atoms with Gasteiger partial charge in [-0.15, -0.1) is 0 Å². The van der Waals surface area contributed by atoms with Crippen molar-refractivity contribution in [2.24, 2.45) is 0 Å². The van der Waals surface area contributed by atoms with Crippen molar-refractivity contribution >= 4 is 5.78 Å². The van der Waals surface area contributed by atoms with Crippen LogP contribution < -0.4 is 10.3 Å². The van der Waals surface area contributed by atoms with Gasteiger partial charge in [-0.05, 0) is 30.2 Å². The number of rotatable bonds is 3. The highest BCUT2D eigenvalue weighted by atomic mass is 16.5. The number of fused-ring (bicyclic) bond motifs is 2. The molecule has 1 N–H and O–H groups in total. The predicted molar refractivity (Wildman–Crippen MR) is 82.2 cm³/mol. The lowest BCUT2D eigenvalue weighted by atomic mass is 10.1. The summed E-state index contributed by atoms with van der Waals surface area (Å²) in [6.45, 7) is 2.79. The van der Waals surface area contributed by atoms with Crippen molar-refractivity contribution in [1.82, 2.24) is 19.6 Å². The van der Waals surface area contributed by atoms with Gasteiger partial charge in [0.2, 0.25) is 0 Å². The molecule has 0 spiro atoms. The van der Waals surface area contributed by atoms with Crippen LogP contribution in [0.25, 0.3) is 17.0 Å². The van der Waals surface area contributed by atoms with Gasteiger partial charge in [-0.3, -0.25) is 9.89 Å². The summed E-state index contributed by atoms with van der Waals surface area (Å²) in [6.07, 6.45) is 2.66. The first-order chi connectivity index (χ1) is 10.7. The van der Waals surface area contributed by atoms with Crippen molar-refractivity contribution in [1.29, 1.82) is 0 Å². The molecule has 6 heteroatoms. The molecule has 0 radical (unpaired) electrons. The first kappa shape index (κ1) is 13.1. The van der Waals surface area contributed by atoms with Crippen molar-refractivity contribution in [3.05, 3.63) is 46.0 Å². The van der Waals surface area contributed by atoms with Crippen LogP contribution in [-0.2, 0) is 12.8 Å². The summed E-state index contributed by atoms with van der Waals surface area (Å²) >= 11 is 0. The molecule has 0 amide bonds. The van der Waals surface area contributed by atoms with Crippen LogP contribution >= 0.6 is 0 Å². The summed E-state index contributed by atoms with van der Waals surface area (Å²) in [5, 5.41) is 3.00. The number of nitrogens with zero attached hydrogens (tertiary/aromatic N) is 3. The zero-order valence-corrected chi connectivity index (χ0v) is 12.3. The maximum Gasteiger partial charge on any atom is 0.274 e. The zero-order valence-electron chi connectivity index (χ0n) is 12.3. The monoisotopic (exact) mass is 296 g/mol. The number of aromatic nitrogens is 4. The summed E-state index contributed by atoms with van der Waals surface area (Å²) in [5.74, 6) is 2.13. The molecule has 0 aliphatic carbocycles. The molecule has 4 rings (SSSR count). The van der Waals surface area contributed by atoms with Gasteiger partial charge in [0.15, 0.2) is 0 Å². The Hall–Kier alpha value is -2.63. The Balaban J connectivity index is 1.83. The minimum atomic E-state index is -0.147. The van der Waals surface area contributed by atoms with E-state index in [1.54, 1.807) is 6.07 Å². The van der Waals surface area contributed by atoms with Gasteiger partial charge < -0.3 is 4.74 Å². The molecule has 1 aliphatic heterocycles. The van der Waals surface area contributed by atoms with E-state index >= 15 is 0 Å². The molecule has 0 fully saturated rings. The predicted octanol–water partition coefficient (Wildman–Crippen LogP) is 1.97. The van der Waals surface area contributed by atoms with Crippen LogP contribution in [-0.4, -0.2) is 26.2 Å². The van der Waals surface area contributed by atoms with Crippen molar-refractivity contribution in [3.63, 3.8) is 0 Å². The maximum atomic E-state index is 12.3. The van der Waals surface area contributed by atoms with E-state index in [2.05, 4.69) is 22.0 Å². The van der Waals surface area contributed by atoms with Crippen molar-refractivity contribution in [3.8, 4) is 17.0 Å². The highest BCUT2D eigenvalue weighted by molar-refractivity contribution is 5.63. The molecular weight excluding hydrogens is 280 g/mol. The van der Waals surface area contributed by atoms with Crippen LogP contribution in [0.3, 0.4) is 0 Å². The topological polar surface area (TPSA) is 72.3 Å². The van der Waals surface area contributed by atoms with Crippen LogP contribution in [0.1, 0.15) is 24.7 Å². The lowest BCUT2D eigenvalue weighted by molar-refractivity contribution is 0.357. The second kappa shape index (κ2) is 4.98. The minimum absolute atomic E-state index is 0.147. The van der Waals surface area contributed by atoms with Crippen LogP contribution in [0.5, 0.6) is 5.75 Å². The number of ether oxygens (including phenoxy) is 1. The van der Waals surface area contributed by atoms with E-state index in [4.69, 9.17) is 4.74 Å². The van der Waals surface area contributed by atoms with Crippen LogP contribution in [0.15, 0.2) is 29.1 Å². The third-order valence-electron chi connectivity index (χ3n) is 3.85. The highest BCUT2D eigenvalue weighted by Gasteiger charge is 2.14. The minimum Gasteiger partial charge on any atom is -0.493 e. The average Bonchev–Trinajstić information content (AvgIpc) is 3.12. The van der Waals surface area contributed by atoms with E-state index in [1.165, 1.54) is 4.52 Å². The van der Waals surface area contributed by atoms with Crippen LogP contribution in [0.2, 0.25) is 0 Å². The van der Waals surface area contributed by atoms with Crippen molar-refractivity contribution in [2.45, 2.75) is 26.2 Å². The Kier molecular flexibility index (Phi) is 2.96. The lowest BCUT2D eigenvalue weighted by Crippen LogP contribution is -2.14. The molecule has 112 valence electrons. The molecule has 0 saturated heterocycles. The molecule has 0 saturated carbocycles. The standard InChI is InChI=1S/C16H16N4O2/c1-2-3-14-18-16-17-12(9-15(21)20(16)19-14)10-4-5-13-11(8-10)6-7-22-13/h4-5,8-9H,2-3,6-7H2,1H3,(H,17,18,19). The zero-order chi connectivity index (χ0) is 15.1. The number of benzene rings is 1. The smallest absolute Gasteiger partial charge is 0.274 e. The first-order valence-electron chi connectivity index (χ1n) is 7.49. The van der Waals surface area contributed by atoms with Gasteiger partial charge >= 0.3 is 0 Å². The molecule has 3 heterocycles. The van der Waals surface area contributed by atoms with Gasteiger partial charge in [0.1, 0.15) is 11.6 Å². The molecule has 2 aromatic heterocycles. The molecular formula is C16H16N4O2. The molecule has 0 unspecified atom stereocenters. The molecule has 1 aliphatic rings. The van der Waals surface area contributed by atoms with E-state index in [-0.39, 0.29) is 5.56 Å². The second-order valence-corrected chi connectivity index (χ2v) is 5.46. The van der Waals surface area contributed by atoms with Gasteiger partial charge in [0.25, 0.3) is 11.3 Å². The Labute approximate surface area is 126 Å². The fraction of sp³-hybridized carbons (Fsp3) is 0.312. The van der Waals surface area contributed by atoms with Gasteiger partial charge in [0.05, 0.1) is 12.3 Å². The number of aryl methyl sites for hydroxylation is 1. The molecule has 1 aromatic carbocycles. The van der Waals surface area contributed by atoms with Crippen molar-refractivity contribution in [2.75, 3.05) is 6.61 Å². The summed E-state index contributed by atoms with van der Waals surface area (Å²) in [4.78, 5) is 21.2. The fourth-order valence-electron chi connectivity index (χ4n) is 2.77. The van der Waals surface area contributed by atoms with E-state index in [0.29, 0.717) is 18.1 Å².